The summed E-state index contributed by atoms with van der Waals surface area (Å²) in [7, 11) is 0. The molecule has 0 fully saturated rings. The molecular weight excluding hydrogens is 356 g/mol. The number of nitrogens with zero attached hydrogens (tertiary/aromatic N) is 4. The van der Waals surface area contributed by atoms with Crippen LogP contribution in [0.2, 0.25) is 0 Å². The average Bonchev–Trinajstić information content (AvgIpc) is 3.07. The van der Waals surface area contributed by atoms with E-state index in [2.05, 4.69) is 30.1 Å². The lowest BCUT2D eigenvalue weighted by Gasteiger charge is -2.13. The van der Waals surface area contributed by atoms with Gasteiger partial charge in [0.05, 0.1) is 16.6 Å². The van der Waals surface area contributed by atoms with Crippen LogP contribution in [0.1, 0.15) is 30.9 Å². The number of thioether (sulfide) groups is 1. The lowest BCUT2D eigenvalue weighted by Crippen LogP contribution is -2.22. The van der Waals surface area contributed by atoms with E-state index in [0.717, 1.165) is 40.5 Å². The Kier molecular flexibility index (Phi) is 4.74. The summed E-state index contributed by atoms with van der Waals surface area (Å²) in [5.41, 5.74) is 3.83. The number of aromatic nitrogens is 4. The fourth-order valence-electron chi connectivity index (χ4n) is 3.35. The van der Waals surface area contributed by atoms with Crippen molar-refractivity contribution in [2.24, 2.45) is 0 Å². The standard InChI is InChI=1S/C21H22N4OS/c1-4-5-12-27-21-23-22-20-24(17-11-10-14(2)13-15(17)3)19(26)16-8-6-7-9-18(16)25(20)21/h6-11,13H,4-5,12H2,1-3H3. The molecule has 0 saturated carbocycles. The molecule has 0 saturated heterocycles. The van der Waals surface area contributed by atoms with Crippen LogP contribution in [0.3, 0.4) is 0 Å². The first-order chi connectivity index (χ1) is 13.1. The topological polar surface area (TPSA) is 52.2 Å². The zero-order chi connectivity index (χ0) is 19.0. The molecule has 0 amide bonds. The van der Waals surface area contributed by atoms with Gasteiger partial charge in [0.25, 0.3) is 5.56 Å². The van der Waals surface area contributed by atoms with Crippen LogP contribution in [0, 0.1) is 13.8 Å². The Balaban J connectivity index is 2.06. The molecule has 5 nitrogen and oxygen atoms in total. The predicted molar refractivity (Wildman–Crippen MR) is 111 cm³/mol. The van der Waals surface area contributed by atoms with Crippen molar-refractivity contribution in [2.75, 3.05) is 5.75 Å². The Bertz CT molecular complexity index is 1190. The molecule has 27 heavy (non-hydrogen) atoms. The van der Waals surface area contributed by atoms with Crippen molar-refractivity contribution in [1.29, 1.82) is 0 Å². The predicted octanol–water partition coefficient (Wildman–Crippen LogP) is 4.54. The van der Waals surface area contributed by atoms with Crippen LogP contribution < -0.4 is 5.56 Å². The molecular formula is C21H22N4OS. The van der Waals surface area contributed by atoms with Gasteiger partial charge in [0.15, 0.2) is 5.16 Å². The molecule has 0 aliphatic carbocycles. The maximum absolute atomic E-state index is 13.3. The van der Waals surface area contributed by atoms with Crippen LogP contribution in [0.25, 0.3) is 22.4 Å². The molecule has 2 aromatic heterocycles. The first-order valence-electron chi connectivity index (χ1n) is 9.21. The number of hydrogen-bond acceptors (Lipinski definition) is 4. The van der Waals surface area contributed by atoms with Crippen LogP contribution in [0.5, 0.6) is 0 Å². The molecule has 0 radical (unpaired) electrons. The number of aryl methyl sites for hydroxylation is 2. The fraction of sp³-hybridized carbons (Fsp3) is 0.286. The molecule has 138 valence electrons. The highest BCUT2D eigenvalue weighted by Crippen LogP contribution is 2.25. The first-order valence-corrected chi connectivity index (χ1v) is 10.2. The number of para-hydroxylation sites is 1. The monoisotopic (exact) mass is 378 g/mol. The van der Waals surface area contributed by atoms with Gasteiger partial charge in [-0.05, 0) is 44.0 Å². The largest absolute Gasteiger partial charge is 0.268 e. The SMILES string of the molecule is CCCCSc1nnc2n(-c3ccc(C)cc3C)c(=O)c3ccccc3n12. The van der Waals surface area contributed by atoms with Crippen molar-refractivity contribution < 1.29 is 0 Å². The van der Waals surface area contributed by atoms with E-state index < -0.39 is 0 Å². The van der Waals surface area contributed by atoms with Crippen molar-refractivity contribution in [3.05, 3.63) is 63.9 Å². The number of fused-ring (bicyclic) bond motifs is 3. The van der Waals surface area contributed by atoms with Gasteiger partial charge in [0, 0.05) is 5.75 Å². The van der Waals surface area contributed by atoms with Crippen molar-refractivity contribution in [2.45, 2.75) is 38.8 Å². The van der Waals surface area contributed by atoms with Gasteiger partial charge in [-0.15, -0.1) is 10.2 Å². The number of hydrogen-bond donors (Lipinski definition) is 0. The third-order valence-corrected chi connectivity index (χ3v) is 5.73. The number of rotatable bonds is 5. The van der Waals surface area contributed by atoms with E-state index in [1.54, 1.807) is 16.3 Å². The van der Waals surface area contributed by atoms with E-state index in [-0.39, 0.29) is 5.56 Å². The molecule has 4 rings (SSSR count). The van der Waals surface area contributed by atoms with Crippen molar-refractivity contribution in [3.8, 4) is 5.69 Å². The highest BCUT2D eigenvalue weighted by Gasteiger charge is 2.18. The zero-order valence-corrected chi connectivity index (χ0v) is 16.6. The minimum atomic E-state index is -0.0671. The molecule has 2 heterocycles. The van der Waals surface area contributed by atoms with E-state index in [0.29, 0.717) is 11.2 Å². The second-order valence-corrected chi connectivity index (χ2v) is 7.83. The van der Waals surface area contributed by atoms with Gasteiger partial charge in [-0.3, -0.25) is 9.20 Å². The summed E-state index contributed by atoms with van der Waals surface area (Å²) < 4.78 is 3.70. The Morgan fingerprint density at radius 1 is 1.07 bits per heavy atom. The van der Waals surface area contributed by atoms with Crippen LogP contribution >= 0.6 is 11.8 Å². The summed E-state index contributed by atoms with van der Waals surface area (Å²) in [6, 6.07) is 13.8. The van der Waals surface area contributed by atoms with Crippen molar-refractivity contribution in [1.82, 2.24) is 19.2 Å². The maximum Gasteiger partial charge on any atom is 0.267 e. The molecule has 0 aliphatic rings. The van der Waals surface area contributed by atoms with Gasteiger partial charge in [-0.1, -0.05) is 54.9 Å². The lowest BCUT2D eigenvalue weighted by molar-refractivity contribution is 0.883. The van der Waals surface area contributed by atoms with E-state index in [9.17, 15) is 4.79 Å². The quantitative estimate of drug-likeness (QED) is 0.378. The van der Waals surface area contributed by atoms with Crippen LogP contribution in [0.15, 0.2) is 52.4 Å². The van der Waals surface area contributed by atoms with Gasteiger partial charge < -0.3 is 0 Å². The molecule has 6 heteroatoms. The molecule has 0 bridgehead atoms. The summed E-state index contributed by atoms with van der Waals surface area (Å²) in [5.74, 6) is 1.54. The van der Waals surface area contributed by atoms with Crippen LogP contribution in [-0.2, 0) is 0 Å². The zero-order valence-electron chi connectivity index (χ0n) is 15.8. The summed E-state index contributed by atoms with van der Waals surface area (Å²) in [6.45, 7) is 6.25. The second kappa shape index (κ2) is 7.19. The van der Waals surface area contributed by atoms with E-state index in [1.807, 2.05) is 47.7 Å². The molecule has 2 aromatic carbocycles. The Morgan fingerprint density at radius 2 is 1.89 bits per heavy atom. The van der Waals surface area contributed by atoms with Gasteiger partial charge in [-0.2, -0.15) is 0 Å². The molecule has 0 aliphatic heterocycles. The van der Waals surface area contributed by atoms with Crippen LogP contribution in [0.4, 0.5) is 0 Å². The third kappa shape index (κ3) is 3.04. The molecule has 0 spiro atoms. The van der Waals surface area contributed by atoms with Gasteiger partial charge in [0.1, 0.15) is 0 Å². The smallest absolute Gasteiger partial charge is 0.267 e. The summed E-state index contributed by atoms with van der Waals surface area (Å²) in [6.07, 6.45) is 2.26. The molecule has 0 atom stereocenters. The van der Waals surface area contributed by atoms with Gasteiger partial charge >= 0.3 is 0 Å². The maximum atomic E-state index is 13.3. The minimum absolute atomic E-state index is 0.0671. The molecule has 0 N–H and O–H groups in total. The number of unbranched alkanes of at least 4 members (excludes halogenated alkanes) is 1. The Labute approximate surface area is 162 Å². The third-order valence-electron chi connectivity index (χ3n) is 4.72. The number of benzene rings is 2. The second-order valence-electron chi connectivity index (χ2n) is 6.77. The molecule has 4 aromatic rings. The first kappa shape index (κ1) is 17.8. The minimum Gasteiger partial charge on any atom is -0.268 e. The fourth-order valence-corrected chi connectivity index (χ4v) is 4.38. The highest BCUT2D eigenvalue weighted by molar-refractivity contribution is 7.99. The lowest BCUT2D eigenvalue weighted by atomic mass is 10.1. The Hall–Kier alpha value is -2.60. The van der Waals surface area contributed by atoms with E-state index in [1.165, 1.54) is 5.56 Å². The normalized spacial score (nSPS) is 11.5. The highest BCUT2D eigenvalue weighted by atomic mass is 32.2. The summed E-state index contributed by atoms with van der Waals surface area (Å²) in [4.78, 5) is 13.3. The van der Waals surface area contributed by atoms with Crippen molar-refractivity contribution >= 4 is 28.4 Å². The molecule has 0 unspecified atom stereocenters. The van der Waals surface area contributed by atoms with Gasteiger partial charge in [-0.25, -0.2) is 4.57 Å². The Morgan fingerprint density at radius 3 is 2.67 bits per heavy atom. The van der Waals surface area contributed by atoms with Crippen molar-refractivity contribution in [3.63, 3.8) is 0 Å². The summed E-state index contributed by atoms with van der Waals surface area (Å²) in [5, 5.41) is 10.3. The van der Waals surface area contributed by atoms with Crippen LogP contribution in [-0.4, -0.2) is 24.9 Å². The van der Waals surface area contributed by atoms with E-state index in [4.69, 9.17) is 0 Å². The van der Waals surface area contributed by atoms with Gasteiger partial charge in [0.2, 0.25) is 5.78 Å². The van der Waals surface area contributed by atoms with E-state index >= 15 is 0 Å². The summed E-state index contributed by atoms with van der Waals surface area (Å²) >= 11 is 1.69. The average molecular weight is 379 g/mol.